The first kappa shape index (κ1) is 29.4. The van der Waals surface area contributed by atoms with Crippen LogP contribution in [-0.2, 0) is 20.8 Å². The van der Waals surface area contributed by atoms with Crippen molar-refractivity contribution >= 4 is 29.5 Å². The minimum absolute atomic E-state index is 0.0737. The normalized spacial score (nSPS) is 29.7. The fraction of sp³-hybridized carbons (Fsp3) is 0.581. The lowest BCUT2D eigenvalue weighted by Gasteiger charge is -2.39. The molecule has 1 N–H and O–H groups in total. The molecule has 2 bridgehead atoms. The highest BCUT2D eigenvalue weighted by molar-refractivity contribution is 8.02. The minimum Gasteiger partial charge on any atom is -0.394 e. The zero-order valence-corrected chi connectivity index (χ0v) is 24.4. The summed E-state index contributed by atoms with van der Waals surface area (Å²) in [4.78, 5) is 48.0. The van der Waals surface area contributed by atoms with E-state index >= 15 is 0 Å². The van der Waals surface area contributed by atoms with Crippen LogP contribution >= 0.6 is 11.8 Å². The van der Waals surface area contributed by atoms with E-state index in [1.807, 2.05) is 35.2 Å². The fourth-order valence-electron chi connectivity index (χ4n) is 7.04. The lowest BCUT2D eigenvalue weighted by atomic mass is 9.66. The summed E-state index contributed by atoms with van der Waals surface area (Å²) in [6.45, 7) is 12.9. The van der Waals surface area contributed by atoms with Gasteiger partial charge in [-0.1, -0.05) is 55.8 Å². The van der Waals surface area contributed by atoms with Gasteiger partial charge >= 0.3 is 0 Å². The van der Waals surface area contributed by atoms with Gasteiger partial charge in [-0.15, -0.1) is 24.9 Å². The second kappa shape index (κ2) is 11.9. The average molecular weight is 554 g/mol. The van der Waals surface area contributed by atoms with Crippen molar-refractivity contribution in [2.45, 2.75) is 67.5 Å². The van der Waals surface area contributed by atoms with Crippen molar-refractivity contribution in [3.8, 4) is 0 Å². The number of benzene rings is 1. The number of amides is 3. The predicted molar refractivity (Wildman–Crippen MR) is 156 cm³/mol. The molecule has 8 heteroatoms. The third-order valence-electron chi connectivity index (χ3n) is 8.85. The Morgan fingerprint density at radius 3 is 2.49 bits per heavy atom. The molecule has 3 fully saturated rings. The molecule has 3 aliphatic heterocycles. The number of carbonyl (C=O) groups is 3. The van der Waals surface area contributed by atoms with E-state index in [4.69, 9.17) is 0 Å². The Bertz CT molecular complexity index is 1100. The average Bonchev–Trinajstić information content (AvgIpc) is 3.50. The molecule has 3 heterocycles. The molecule has 0 aromatic heterocycles. The number of likely N-dealkylation sites (N-methyl/N-ethyl adjacent to an activating group) is 1. The first-order valence-electron chi connectivity index (χ1n) is 14.1. The molecular weight excluding hydrogens is 510 g/mol. The van der Waals surface area contributed by atoms with Crippen molar-refractivity contribution in [3.05, 3.63) is 61.2 Å². The number of carbonyl (C=O) groups excluding carboxylic acids is 3. The Morgan fingerprint density at radius 1 is 1.18 bits per heavy atom. The van der Waals surface area contributed by atoms with E-state index in [0.717, 1.165) is 24.8 Å². The molecule has 0 saturated carbocycles. The molecule has 0 radical (unpaired) electrons. The van der Waals surface area contributed by atoms with Crippen LogP contribution in [0.5, 0.6) is 0 Å². The van der Waals surface area contributed by atoms with E-state index in [1.165, 1.54) is 0 Å². The van der Waals surface area contributed by atoms with E-state index in [1.54, 1.807) is 40.8 Å². The second-order valence-electron chi connectivity index (χ2n) is 11.4. The van der Waals surface area contributed by atoms with E-state index in [0.29, 0.717) is 32.5 Å². The molecule has 1 spiro atoms. The summed E-state index contributed by atoms with van der Waals surface area (Å²) in [7, 11) is 1.75. The zero-order chi connectivity index (χ0) is 28.4. The Balaban J connectivity index is 1.81. The molecular formula is C31H43N3O4S. The van der Waals surface area contributed by atoms with Gasteiger partial charge in [-0.2, -0.15) is 0 Å². The van der Waals surface area contributed by atoms with Crippen molar-refractivity contribution in [1.82, 2.24) is 14.7 Å². The van der Waals surface area contributed by atoms with Crippen molar-refractivity contribution in [3.63, 3.8) is 0 Å². The van der Waals surface area contributed by atoms with E-state index in [2.05, 4.69) is 27.0 Å². The molecule has 3 saturated heterocycles. The highest BCUT2D eigenvalue weighted by Crippen LogP contribution is 2.71. The number of hydrogen-bond donors (Lipinski definition) is 1. The highest BCUT2D eigenvalue weighted by Gasteiger charge is 2.78. The fourth-order valence-corrected chi connectivity index (χ4v) is 9.37. The van der Waals surface area contributed by atoms with Gasteiger partial charge in [-0.3, -0.25) is 14.4 Å². The van der Waals surface area contributed by atoms with E-state index in [9.17, 15) is 19.5 Å². The van der Waals surface area contributed by atoms with E-state index in [-0.39, 0.29) is 24.3 Å². The third kappa shape index (κ3) is 5.06. The van der Waals surface area contributed by atoms with E-state index < -0.39 is 33.4 Å². The number of thioether (sulfide) groups is 1. The smallest absolute Gasteiger partial charge is 0.247 e. The molecule has 2 unspecified atom stereocenters. The van der Waals surface area contributed by atoms with Crippen molar-refractivity contribution in [1.29, 1.82) is 0 Å². The van der Waals surface area contributed by atoms with Gasteiger partial charge < -0.3 is 19.8 Å². The minimum atomic E-state index is -0.748. The summed E-state index contributed by atoms with van der Waals surface area (Å²) >= 11 is 1.67. The lowest BCUT2D eigenvalue weighted by Crippen LogP contribution is -2.58. The maximum atomic E-state index is 14.5. The van der Waals surface area contributed by atoms with Crippen LogP contribution in [0, 0.1) is 11.8 Å². The van der Waals surface area contributed by atoms with Crippen LogP contribution in [0.1, 0.15) is 45.1 Å². The summed E-state index contributed by atoms with van der Waals surface area (Å²) in [5, 5.41) is 10.6. The molecule has 212 valence electrons. The number of rotatable bonds is 13. The van der Waals surface area contributed by atoms with Crippen LogP contribution in [0.15, 0.2) is 55.6 Å². The maximum absolute atomic E-state index is 14.5. The Hall–Kier alpha value is -2.58. The number of unbranched alkanes of at least 4 members (excludes halogenated alkanes) is 1. The summed E-state index contributed by atoms with van der Waals surface area (Å²) in [6.07, 6.45) is 7.09. The quantitative estimate of drug-likeness (QED) is 0.378. The molecule has 1 aromatic rings. The third-order valence-corrected chi connectivity index (χ3v) is 10.8. The van der Waals surface area contributed by atoms with Gasteiger partial charge in [-0.05, 0) is 38.2 Å². The van der Waals surface area contributed by atoms with Crippen LogP contribution < -0.4 is 0 Å². The summed E-state index contributed by atoms with van der Waals surface area (Å²) in [5.74, 6) is -1.51. The van der Waals surface area contributed by atoms with Gasteiger partial charge in [0.15, 0.2) is 0 Å². The van der Waals surface area contributed by atoms with Crippen molar-refractivity contribution in [2.75, 3.05) is 33.3 Å². The molecule has 0 aliphatic carbocycles. The molecule has 6 atom stereocenters. The SMILES string of the molecule is C=CCN(C)C(=O)[C@@H]1[C@H]2C(=O)N([C@@H](CO)Cc3ccccc3)C(C(=O)N(CC=C)CCCC)C23CC[C@@]1(C)S3. The molecule has 4 rings (SSSR count). The van der Waals surface area contributed by atoms with Gasteiger partial charge in [0.2, 0.25) is 17.7 Å². The van der Waals surface area contributed by atoms with Crippen LogP contribution in [0.4, 0.5) is 0 Å². The predicted octanol–water partition coefficient (Wildman–Crippen LogP) is 3.53. The van der Waals surface area contributed by atoms with Crippen LogP contribution in [0.3, 0.4) is 0 Å². The van der Waals surface area contributed by atoms with Gasteiger partial charge in [-0.25, -0.2) is 0 Å². The molecule has 1 aromatic carbocycles. The second-order valence-corrected chi connectivity index (χ2v) is 13.3. The number of aliphatic hydroxyl groups is 1. The van der Waals surface area contributed by atoms with Crippen molar-refractivity contribution in [2.24, 2.45) is 11.8 Å². The summed E-state index contributed by atoms with van der Waals surface area (Å²) < 4.78 is -1.15. The first-order chi connectivity index (χ1) is 18.7. The molecule has 3 aliphatic rings. The van der Waals surface area contributed by atoms with Gasteiger partial charge in [0.1, 0.15) is 6.04 Å². The Labute approximate surface area is 237 Å². The first-order valence-corrected chi connectivity index (χ1v) is 14.9. The summed E-state index contributed by atoms with van der Waals surface area (Å²) in [5.41, 5.74) is 0.987. The lowest BCUT2D eigenvalue weighted by molar-refractivity contribution is -0.147. The zero-order valence-electron chi connectivity index (χ0n) is 23.6. The van der Waals surface area contributed by atoms with Gasteiger partial charge in [0.05, 0.1) is 29.2 Å². The largest absolute Gasteiger partial charge is 0.394 e. The van der Waals surface area contributed by atoms with Crippen LogP contribution in [-0.4, -0.2) is 92.4 Å². The number of fused-ring (bicyclic) bond motifs is 1. The topological polar surface area (TPSA) is 81.2 Å². The maximum Gasteiger partial charge on any atom is 0.247 e. The monoisotopic (exact) mass is 553 g/mol. The number of hydrogen-bond acceptors (Lipinski definition) is 5. The molecule has 3 amide bonds. The Morgan fingerprint density at radius 2 is 1.87 bits per heavy atom. The molecule has 7 nitrogen and oxygen atoms in total. The van der Waals surface area contributed by atoms with Gasteiger partial charge in [0, 0.05) is 31.4 Å². The molecule has 39 heavy (non-hydrogen) atoms. The number of likely N-dealkylation sites (tertiary alicyclic amines) is 1. The number of nitrogens with zero attached hydrogens (tertiary/aromatic N) is 3. The van der Waals surface area contributed by atoms with Crippen LogP contribution in [0.25, 0.3) is 0 Å². The number of aliphatic hydroxyl groups excluding tert-OH is 1. The summed E-state index contributed by atoms with van der Waals surface area (Å²) in [6, 6.07) is 8.43. The van der Waals surface area contributed by atoms with Crippen molar-refractivity contribution < 1.29 is 19.5 Å². The Kier molecular flexibility index (Phi) is 8.96. The van der Waals surface area contributed by atoms with Crippen LogP contribution in [0.2, 0.25) is 0 Å². The van der Waals surface area contributed by atoms with Gasteiger partial charge in [0.25, 0.3) is 0 Å². The highest BCUT2D eigenvalue weighted by atomic mass is 32.2. The standard InChI is InChI=1S/C31H43N3O4S/c1-6-9-19-33(18-8-3)29(38)26-31-16-15-30(4,39-31)24(27(36)32(5)17-7-2)25(31)28(37)34(26)23(21-35)20-22-13-11-10-12-14-22/h7-8,10-14,23-26,35H,2-3,6,9,15-21H2,1,4-5H3/t23-,24+,25+,26?,30-,31?/m1/s1.